The molecule has 8 nitrogen and oxygen atoms in total. The number of nitrogens with zero attached hydrogens (tertiary/aromatic N) is 4. The van der Waals surface area contributed by atoms with Gasteiger partial charge < -0.3 is 15.3 Å². The molecule has 0 fully saturated rings. The summed E-state index contributed by atoms with van der Waals surface area (Å²) in [4.78, 5) is 27.9. The van der Waals surface area contributed by atoms with Crippen molar-refractivity contribution in [1.29, 1.82) is 0 Å². The molecule has 0 aliphatic rings. The second kappa shape index (κ2) is 9.13. The lowest BCUT2D eigenvalue weighted by Gasteiger charge is -2.21. The van der Waals surface area contributed by atoms with E-state index in [0.717, 1.165) is 27.4 Å². The van der Waals surface area contributed by atoms with Gasteiger partial charge in [0, 0.05) is 25.5 Å². The number of nitrogens with one attached hydrogen (secondary N) is 2. The van der Waals surface area contributed by atoms with E-state index in [9.17, 15) is 9.90 Å². The fraction of sp³-hybridized carbons (Fsp3) is 0.250. The molecule has 3 heterocycles. The first kappa shape index (κ1) is 22.6. The van der Waals surface area contributed by atoms with Crippen molar-refractivity contribution in [3.05, 3.63) is 65.9 Å². The molecule has 0 saturated carbocycles. The molecule has 0 spiro atoms. The van der Waals surface area contributed by atoms with Gasteiger partial charge in [-0.1, -0.05) is 29.0 Å². The molecule has 0 radical (unpaired) electrons. The lowest BCUT2D eigenvalue weighted by atomic mass is 10.1. The Balaban J connectivity index is 1.49. The van der Waals surface area contributed by atoms with Gasteiger partial charge in [0.15, 0.2) is 5.13 Å². The Morgan fingerprint density at radius 3 is 2.61 bits per heavy atom. The number of carbonyl (C=O) groups is 1. The number of rotatable bonds is 8. The summed E-state index contributed by atoms with van der Waals surface area (Å²) in [6, 6.07) is 16.0. The summed E-state index contributed by atoms with van der Waals surface area (Å²) < 4.78 is 0. The number of aliphatic carboxylic acids is 1. The molecule has 0 atom stereocenters. The van der Waals surface area contributed by atoms with Crippen LogP contribution in [0.3, 0.4) is 0 Å². The summed E-state index contributed by atoms with van der Waals surface area (Å²) in [7, 11) is 1.99. The Labute approximate surface area is 196 Å². The number of aryl methyl sites for hydroxylation is 1. The van der Waals surface area contributed by atoms with Gasteiger partial charge in [0.1, 0.15) is 27.5 Å². The molecule has 4 aromatic rings. The molecule has 170 valence electrons. The van der Waals surface area contributed by atoms with Crippen LogP contribution in [-0.4, -0.2) is 38.6 Å². The van der Waals surface area contributed by atoms with Crippen molar-refractivity contribution < 1.29 is 9.90 Å². The third-order valence-electron chi connectivity index (χ3n) is 5.33. The van der Waals surface area contributed by atoms with Crippen molar-refractivity contribution in [2.75, 3.05) is 17.3 Å². The minimum Gasteiger partial charge on any atom is -0.480 e. The number of hydrogen-bond acceptors (Lipinski definition) is 8. The van der Waals surface area contributed by atoms with Gasteiger partial charge in [-0.05, 0) is 62.7 Å². The van der Waals surface area contributed by atoms with Crippen LogP contribution in [0.2, 0.25) is 0 Å². The molecule has 0 unspecified atom stereocenters. The largest absolute Gasteiger partial charge is 0.480 e. The molecule has 0 aliphatic carbocycles. The first-order chi connectivity index (χ1) is 15.7. The molecule has 4 rings (SSSR count). The highest BCUT2D eigenvalue weighted by atomic mass is 32.1. The van der Waals surface area contributed by atoms with Crippen molar-refractivity contribution in [3.8, 4) is 0 Å². The van der Waals surface area contributed by atoms with Crippen molar-refractivity contribution in [2.45, 2.75) is 32.9 Å². The van der Waals surface area contributed by atoms with Gasteiger partial charge in [0.2, 0.25) is 0 Å². The predicted molar refractivity (Wildman–Crippen MR) is 133 cm³/mol. The minimum absolute atomic E-state index is 0.409. The SMILES string of the molecule is Cc1ccc(N(C)c2ccc3nc(Nc4cc(CNC(C)(C)C(=O)O)ccn4)sc3n2)cc1. The van der Waals surface area contributed by atoms with Crippen LogP contribution in [0.15, 0.2) is 54.7 Å². The lowest BCUT2D eigenvalue weighted by molar-refractivity contribution is -0.143. The molecule has 0 saturated heterocycles. The molecule has 0 bridgehead atoms. The maximum atomic E-state index is 11.3. The summed E-state index contributed by atoms with van der Waals surface area (Å²) >= 11 is 1.46. The van der Waals surface area contributed by atoms with Crippen LogP contribution >= 0.6 is 11.3 Å². The summed E-state index contributed by atoms with van der Waals surface area (Å²) in [5.41, 5.74) is 3.00. The van der Waals surface area contributed by atoms with E-state index in [2.05, 4.69) is 51.8 Å². The number of fused-ring (bicyclic) bond motifs is 1. The molecule has 3 aromatic heterocycles. The predicted octanol–water partition coefficient (Wildman–Crippen LogP) is 4.86. The van der Waals surface area contributed by atoms with Crippen LogP contribution in [0.25, 0.3) is 10.3 Å². The van der Waals surface area contributed by atoms with Crippen LogP contribution < -0.4 is 15.5 Å². The molecular weight excluding hydrogens is 436 g/mol. The van der Waals surface area contributed by atoms with Crippen molar-refractivity contribution in [3.63, 3.8) is 0 Å². The van der Waals surface area contributed by atoms with E-state index in [0.29, 0.717) is 17.5 Å². The maximum absolute atomic E-state index is 11.3. The quantitative estimate of drug-likeness (QED) is 0.341. The van der Waals surface area contributed by atoms with Crippen molar-refractivity contribution in [2.24, 2.45) is 0 Å². The van der Waals surface area contributed by atoms with Crippen LogP contribution in [0.5, 0.6) is 0 Å². The Hall–Kier alpha value is -3.56. The normalized spacial score (nSPS) is 11.5. The number of pyridine rings is 2. The number of thiazole rings is 1. The fourth-order valence-corrected chi connectivity index (χ4v) is 3.95. The number of hydrogen-bond donors (Lipinski definition) is 3. The average molecular weight is 463 g/mol. The van der Waals surface area contributed by atoms with Crippen molar-refractivity contribution >= 4 is 50.1 Å². The van der Waals surface area contributed by atoms with E-state index in [1.807, 2.05) is 36.2 Å². The summed E-state index contributed by atoms with van der Waals surface area (Å²) in [5, 5.41) is 16.2. The average Bonchev–Trinajstić information content (AvgIpc) is 3.19. The Morgan fingerprint density at radius 1 is 1.12 bits per heavy atom. The highest BCUT2D eigenvalue weighted by Crippen LogP contribution is 2.30. The third-order valence-corrected chi connectivity index (χ3v) is 6.21. The number of carboxylic acid groups (broad SMARTS) is 1. The zero-order chi connectivity index (χ0) is 23.6. The molecule has 33 heavy (non-hydrogen) atoms. The summed E-state index contributed by atoms with van der Waals surface area (Å²) in [6.07, 6.45) is 1.69. The van der Waals surface area contributed by atoms with E-state index >= 15 is 0 Å². The summed E-state index contributed by atoms with van der Waals surface area (Å²) in [5.74, 6) is 0.580. The number of benzene rings is 1. The lowest BCUT2D eigenvalue weighted by Crippen LogP contribution is -2.46. The van der Waals surface area contributed by atoms with Crippen LogP contribution in [0.1, 0.15) is 25.0 Å². The van der Waals surface area contributed by atoms with E-state index in [1.165, 1.54) is 16.9 Å². The molecule has 0 aliphatic heterocycles. The highest BCUT2D eigenvalue weighted by Gasteiger charge is 2.25. The van der Waals surface area contributed by atoms with Crippen LogP contribution in [0, 0.1) is 6.92 Å². The third kappa shape index (κ3) is 5.27. The van der Waals surface area contributed by atoms with Gasteiger partial charge in [-0.3, -0.25) is 10.1 Å². The number of aromatic nitrogens is 3. The zero-order valence-corrected chi connectivity index (χ0v) is 19.8. The van der Waals surface area contributed by atoms with E-state index in [1.54, 1.807) is 20.0 Å². The maximum Gasteiger partial charge on any atom is 0.323 e. The van der Waals surface area contributed by atoms with E-state index in [-0.39, 0.29) is 0 Å². The van der Waals surface area contributed by atoms with Gasteiger partial charge in [0.25, 0.3) is 0 Å². The number of carboxylic acids is 1. The molecule has 1 aromatic carbocycles. The van der Waals surface area contributed by atoms with Gasteiger partial charge in [-0.25, -0.2) is 15.0 Å². The smallest absolute Gasteiger partial charge is 0.323 e. The van der Waals surface area contributed by atoms with E-state index < -0.39 is 11.5 Å². The summed E-state index contributed by atoms with van der Waals surface area (Å²) in [6.45, 7) is 5.74. The molecular formula is C24H26N6O2S. The molecule has 0 amide bonds. The topological polar surface area (TPSA) is 103 Å². The second-order valence-electron chi connectivity index (χ2n) is 8.37. The highest BCUT2D eigenvalue weighted by molar-refractivity contribution is 7.21. The second-order valence-corrected chi connectivity index (χ2v) is 9.34. The fourth-order valence-electron chi connectivity index (χ4n) is 3.11. The van der Waals surface area contributed by atoms with Gasteiger partial charge >= 0.3 is 5.97 Å². The zero-order valence-electron chi connectivity index (χ0n) is 19.0. The monoisotopic (exact) mass is 462 g/mol. The first-order valence-electron chi connectivity index (χ1n) is 10.5. The molecule has 9 heteroatoms. The Kier molecular flexibility index (Phi) is 6.26. The minimum atomic E-state index is -1.01. The van der Waals surface area contributed by atoms with Gasteiger partial charge in [0.05, 0.1) is 0 Å². The van der Waals surface area contributed by atoms with Crippen LogP contribution in [0.4, 0.5) is 22.5 Å². The van der Waals surface area contributed by atoms with Gasteiger partial charge in [-0.15, -0.1) is 0 Å². The number of anilines is 4. The van der Waals surface area contributed by atoms with Crippen LogP contribution in [-0.2, 0) is 11.3 Å². The van der Waals surface area contributed by atoms with E-state index in [4.69, 9.17) is 4.98 Å². The first-order valence-corrected chi connectivity index (χ1v) is 11.3. The standard InChI is InChI=1S/C24H26N6O2S/c1-15-5-7-17(8-6-15)30(4)20-10-9-18-21(29-20)33-23(27-18)28-19-13-16(11-12-25-19)14-26-24(2,3)22(31)32/h5-13,26H,14H2,1-4H3,(H,31,32)(H,25,27,28). The Morgan fingerprint density at radius 2 is 1.88 bits per heavy atom. The molecule has 3 N–H and O–H groups in total. The Bertz CT molecular complexity index is 1290. The van der Waals surface area contributed by atoms with Gasteiger partial charge in [-0.2, -0.15) is 0 Å². The van der Waals surface area contributed by atoms with Crippen molar-refractivity contribution in [1.82, 2.24) is 20.3 Å².